The first kappa shape index (κ1) is 21.4. The molecule has 1 unspecified atom stereocenters. The van der Waals surface area contributed by atoms with Gasteiger partial charge in [-0.2, -0.15) is 5.10 Å². The van der Waals surface area contributed by atoms with E-state index in [1.54, 1.807) is 11.7 Å². The highest BCUT2D eigenvalue weighted by molar-refractivity contribution is 5.80. The Morgan fingerprint density at radius 3 is 2.79 bits per heavy atom. The Labute approximate surface area is 173 Å². The van der Waals surface area contributed by atoms with Crippen LogP contribution in [0.25, 0.3) is 0 Å². The molecule has 1 N–H and O–H groups in total. The summed E-state index contributed by atoms with van der Waals surface area (Å²) >= 11 is 0. The van der Waals surface area contributed by atoms with Gasteiger partial charge in [-0.25, -0.2) is 4.79 Å². The van der Waals surface area contributed by atoms with Crippen LogP contribution < -0.4 is 5.32 Å². The average molecular weight is 407 g/mol. The minimum Gasteiger partial charge on any atom is -0.444 e. The highest BCUT2D eigenvalue weighted by atomic mass is 16.6. The lowest BCUT2D eigenvalue weighted by atomic mass is 10.1. The van der Waals surface area contributed by atoms with Gasteiger partial charge in [0.2, 0.25) is 0 Å². The Hall–Kier alpha value is -2.29. The SMILES string of the molecule is CN=C(NCCN(C(=O)OC(C)(C)C)C1CC1)N1CCOC(c2cnn(C)c2)C1. The number of carbonyl (C=O) groups excluding carboxylic acids is 1. The van der Waals surface area contributed by atoms with Crippen LogP contribution in [0.15, 0.2) is 17.4 Å². The average Bonchev–Trinajstić information content (AvgIpc) is 3.40. The third kappa shape index (κ3) is 6.09. The van der Waals surface area contributed by atoms with Crippen LogP contribution in [-0.4, -0.2) is 83.1 Å². The van der Waals surface area contributed by atoms with Gasteiger partial charge >= 0.3 is 6.09 Å². The van der Waals surface area contributed by atoms with Crippen molar-refractivity contribution in [2.24, 2.45) is 12.0 Å². The molecule has 1 aliphatic carbocycles. The zero-order valence-corrected chi connectivity index (χ0v) is 18.2. The molecule has 1 saturated carbocycles. The second-order valence-corrected chi connectivity index (χ2v) is 8.63. The smallest absolute Gasteiger partial charge is 0.410 e. The number of aryl methyl sites for hydroxylation is 1. The Kier molecular flexibility index (Phi) is 6.66. The van der Waals surface area contributed by atoms with Crippen molar-refractivity contribution in [3.63, 3.8) is 0 Å². The van der Waals surface area contributed by atoms with Crippen molar-refractivity contribution in [1.29, 1.82) is 0 Å². The summed E-state index contributed by atoms with van der Waals surface area (Å²) in [5, 5.41) is 7.64. The van der Waals surface area contributed by atoms with Gasteiger partial charge in [0.05, 0.1) is 19.3 Å². The molecule has 0 aromatic carbocycles. The van der Waals surface area contributed by atoms with Crippen molar-refractivity contribution in [1.82, 2.24) is 24.9 Å². The maximum Gasteiger partial charge on any atom is 0.410 e. The van der Waals surface area contributed by atoms with Crippen molar-refractivity contribution in [2.45, 2.75) is 51.4 Å². The molecule has 3 rings (SSSR count). The van der Waals surface area contributed by atoms with Crippen molar-refractivity contribution >= 4 is 12.1 Å². The fourth-order valence-corrected chi connectivity index (χ4v) is 3.40. The lowest BCUT2D eigenvalue weighted by Crippen LogP contribution is -2.50. The van der Waals surface area contributed by atoms with Gasteiger partial charge in [0.15, 0.2) is 5.96 Å². The summed E-state index contributed by atoms with van der Waals surface area (Å²) in [5.41, 5.74) is 0.584. The van der Waals surface area contributed by atoms with Crippen LogP contribution in [0.4, 0.5) is 4.79 Å². The maximum atomic E-state index is 12.5. The van der Waals surface area contributed by atoms with Crippen molar-refractivity contribution < 1.29 is 14.3 Å². The predicted octanol–water partition coefficient (Wildman–Crippen LogP) is 1.77. The number of nitrogens with one attached hydrogen (secondary N) is 1. The van der Waals surface area contributed by atoms with E-state index in [-0.39, 0.29) is 12.2 Å². The second-order valence-electron chi connectivity index (χ2n) is 8.63. The molecule has 0 spiro atoms. The molecule has 1 atom stereocenters. The van der Waals surface area contributed by atoms with Crippen LogP contribution in [0.3, 0.4) is 0 Å². The fourth-order valence-electron chi connectivity index (χ4n) is 3.40. The number of aromatic nitrogens is 2. The molecule has 1 saturated heterocycles. The van der Waals surface area contributed by atoms with Crippen LogP contribution in [-0.2, 0) is 16.5 Å². The van der Waals surface area contributed by atoms with E-state index >= 15 is 0 Å². The van der Waals surface area contributed by atoms with Crippen molar-refractivity contribution in [2.75, 3.05) is 39.8 Å². The molecule has 2 heterocycles. The first-order chi connectivity index (χ1) is 13.8. The third-order valence-electron chi connectivity index (χ3n) is 4.93. The lowest BCUT2D eigenvalue weighted by Gasteiger charge is -2.35. The minimum absolute atomic E-state index is 0.0271. The van der Waals surface area contributed by atoms with Gasteiger partial charge in [-0.15, -0.1) is 0 Å². The molecule has 9 nitrogen and oxygen atoms in total. The summed E-state index contributed by atoms with van der Waals surface area (Å²) in [6, 6.07) is 0.298. The van der Waals surface area contributed by atoms with Gasteiger partial charge in [-0.05, 0) is 33.6 Å². The summed E-state index contributed by atoms with van der Waals surface area (Å²) in [6.07, 6.45) is 5.66. The summed E-state index contributed by atoms with van der Waals surface area (Å²) in [4.78, 5) is 21.0. The molecule has 1 amide bonds. The number of aliphatic imine (C=N–C) groups is 1. The number of rotatable bonds is 5. The number of hydrogen-bond acceptors (Lipinski definition) is 5. The number of guanidine groups is 1. The Bertz CT molecular complexity index is 722. The van der Waals surface area contributed by atoms with Crippen molar-refractivity contribution in [3.8, 4) is 0 Å². The monoisotopic (exact) mass is 406 g/mol. The minimum atomic E-state index is -0.483. The summed E-state index contributed by atoms with van der Waals surface area (Å²) in [7, 11) is 3.68. The quantitative estimate of drug-likeness (QED) is 0.593. The largest absolute Gasteiger partial charge is 0.444 e. The van der Waals surface area contributed by atoms with E-state index in [4.69, 9.17) is 9.47 Å². The molecule has 1 aromatic heterocycles. The first-order valence-electron chi connectivity index (χ1n) is 10.3. The molecule has 0 bridgehead atoms. The van der Waals surface area contributed by atoms with Crippen LogP contribution in [0.5, 0.6) is 0 Å². The second kappa shape index (κ2) is 9.02. The number of carbonyl (C=O) groups is 1. The highest BCUT2D eigenvalue weighted by Crippen LogP contribution is 2.28. The highest BCUT2D eigenvalue weighted by Gasteiger charge is 2.35. The van der Waals surface area contributed by atoms with Crippen molar-refractivity contribution in [3.05, 3.63) is 18.0 Å². The number of amides is 1. The van der Waals surface area contributed by atoms with E-state index in [9.17, 15) is 4.79 Å². The van der Waals surface area contributed by atoms with Crippen LogP contribution in [0, 0.1) is 0 Å². The van der Waals surface area contributed by atoms with E-state index in [0.717, 1.165) is 30.9 Å². The van der Waals surface area contributed by atoms with E-state index in [1.165, 1.54) is 0 Å². The Balaban J connectivity index is 1.52. The summed E-state index contributed by atoms with van der Waals surface area (Å²) in [5.74, 6) is 0.821. The molecule has 29 heavy (non-hydrogen) atoms. The standard InChI is InChI=1S/C20H34N6O3/c1-20(2,3)29-19(27)26(16-6-7-16)9-8-22-18(21-4)25-10-11-28-17(14-25)15-12-23-24(5)13-15/h12-13,16-17H,6-11,14H2,1-5H3,(H,21,22). The Morgan fingerprint density at radius 1 is 1.45 bits per heavy atom. The van der Waals surface area contributed by atoms with E-state index in [2.05, 4.69) is 20.3 Å². The summed E-state index contributed by atoms with van der Waals surface area (Å²) < 4.78 is 13.3. The maximum absolute atomic E-state index is 12.5. The molecule has 1 aromatic rings. The molecule has 9 heteroatoms. The van der Waals surface area contributed by atoms with Gasteiger partial charge in [0.1, 0.15) is 11.7 Å². The molecular weight excluding hydrogens is 372 g/mol. The van der Waals surface area contributed by atoms with E-state index < -0.39 is 5.60 Å². The Morgan fingerprint density at radius 2 is 2.21 bits per heavy atom. The number of hydrogen-bond donors (Lipinski definition) is 1. The van der Waals surface area contributed by atoms with Crippen LogP contribution >= 0.6 is 0 Å². The molecule has 2 aliphatic rings. The topological polar surface area (TPSA) is 84.2 Å². The lowest BCUT2D eigenvalue weighted by molar-refractivity contribution is -0.00808. The van der Waals surface area contributed by atoms with Gasteiger partial charge in [0.25, 0.3) is 0 Å². The third-order valence-corrected chi connectivity index (χ3v) is 4.93. The number of morpholine rings is 1. The molecule has 0 radical (unpaired) electrons. The predicted molar refractivity (Wildman–Crippen MR) is 111 cm³/mol. The molecule has 162 valence electrons. The van der Waals surface area contributed by atoms with Crippen LogP contribution in [0.2, 0.25) is 0 Å². The van der Waals surface area contributed by atoms with Crippen LogP contribution in [0.1, 0.15) is 45.3 Å². The summed E-state index contributed by atoms with van der Waals surface area (Å²) in [6.45, 7) is 9.02. The van der Waals surface area contributed by atoms with Gasteiger partial charge in [0, 0.05) is 51.5 Å². The fraction of sp³-hybridized carbons (Fsp3) is 0.750. The zero-order valence-electron chi connectivity index (χ0n) is 18.2. The number of ether oxygens (including phenoxy) is 2. The molecular formula is C20H34N6O3. The zero-order chi connectivity index (χ0) is 21.0. The molecule has 2 fully saturated rings. The molecule has 1 aliphatic heterocycles. The first-order valence-corrected chi connectivity index (χ1v) is 10.3. The number of nitrogens with zero attached hydrogens (tertiary/aromatic N) is 5. The van der Waals surface area contributed by atoms with E-state index in [1.807, 2.05) is 45.1 Å². The van der Waals surface area contributed by atoms with Gasteiger partial charge < -0.3 is 24.6 Å². The van der Waals surface area contributed by atoms with E-state index in [0.29, 0.717) is 32.3 Å². The van der Waals surface area contributed by atoms with Gasteiger partial charge in [-0.1, -0.05) is 0 Å². The normalized spacial score (nSPS) is 20.5. The van der Waals surface area contributed by atoms with Gasteiger partial charge in [-0.3, -0.25) is 9.67 Å².